The maximum Gasteiger partial charge on any atom is 0.327 e. The Hall–Kier alpha value is -2.22. The summed E-state index contributed by atoms with van der Waals surface area (Å²) in [6, 6.07) is 9.66. The van der Waals surface area contributed by atoms with Gasteiger partial charge in [0, 0.05) is 4.90 Å². The smallest absolute Gasteiger partial charge is 0.327 e. The Kier molecular flexibility index (Phi) is 4.69. The average molecular weight is 314 g/mol. The summed E-state index contributed by atoms with van der Waals surface area (Å²) < 4.78 is 38.5. The van der Waals surface area contributed by atoms with E-state index in [2.05, 4.69) is 5.32 Å². The second kappa shape index (κ2) is 6.49. The van der Waals surface area contributed by atoms with E-state index < -0.39 is 22.2 Å². The molecule has 21 heavy (non-hydrogen) atoms. The van der Waals surface area contributed by atoms with Crippen molar-refractivity contribution < 1.29 is 18.1 Å². The number of halogens is 3. The fourth-order valence-corrected chi connectivity index (χ4v) is 2.31. The molecule has 0 radical (unpaired) electrons. The molecule has 0 fully saturated rings. The summed E-state index contributed by atoms with van der Waals surface area (Å²) >= 11 is 0.303. The molecule has 0 bridgehead atoms. The van der Waals surface area contributed by atoms with E-state index in [1.165, 1.54) is 24.3 Å². The average Bonchev–Trinajstić information content (AvgIpc) is 2.40. The van der Waals surface area contributed by atoms with E-state index in [0.717, 1.165) is 6.07 Å². The third kappa shape index (κ3) is 3.66. The van der Waals surface area contributed by atoms with E-state index in [0.29, 0.717) is 11.8 Å². The van der Waals surface area contributed by atoms with Gasteiger partial charge in [0.05, 0.1) is 10.6 Å². The maximum absolute atomic E-state index is 13.5. The van der Waals surface area contributed by atoms with Gasteiger partial charge in [0.15, 0.2) is 0 Å². The lowest BCUT2D eigenvalue weighted by atomic mass is 10.2. The van der Waals surface area contributed by atoms with Crippen molar-refractivity contribution in [1.82, 2.24) is 0 Å². The summed E-state index contributed by atoms with van der Waals surface area (Å²) in [6.45, 7) is 0. The van der Waals surface area contributed by atoms with Crippen molar-refractivity contribution in [2.75, 3.05) is 5.32 Å². The van der Waals surface area contributed by atoms with Crippen molar-refractivity contribution in [3.63, 3.8) is 0 Å². The summed E-state index contributed by atoms with van der Waals surface area (Å²) in [7, 11) is 0. The Labute approximate surface area is 122 Å². The Balaban J connectivity index is 2.39. The van der Waals surface area contributed by atoms with Crippen molar-refractivity contribution in [1.29, 1.82) is 0 Å². The number of hydrogen-bond acceptors (Lipinski definition) is 4. The SMILES string of the molecule is O=[N+]([O-])c1c(F)cccc1Nc1ccccc1SC(F)F. The van der Waals surface area contributed by atoms with E-state index >= 15 is 0 Å². The molecular weight excluding hydrogens is 305 g/mol. The molecule has 0 aromatic heterocycles. The highest BCUT2D eigenvalue weighted by molar-refractivity contribution is 7.99. The van der Waals surface area contributed by atoms with Crippen LogP contribution in [0.4, 0.5) is 30.2 Å². The summed E-state index contributed by atoms with van der Waals surface area (Å²) in [4.78, 5) is 10.2. The topological polar surface area (TPSA) is 55.2 Å². The second-order valence-corrected chi connectivity index (χ2v) is 4.92. The number of thioether (sulfide) groups is 1. The molecule has 2 rings (SSSR count). The first kappa shape index (κ1) is 15.2. The van der Waals surface area contributed by atoms with Gasteiger partial charge in [0.25, 0.3) is 5.76 Å². The van der Waals surface area contributed by atoms with Crippen LogP contribution in [0, 0.1) is 15.9 Å². The molecule has 0 aliphatic rings. The van der Waals surface area contributed by atoms with Crippen LogP contribution >= 0.6 is 11.8 Å². The maximum atomic E-state index is 13.5. The normalized spacial score (nSPS) is 10.7. The minimum absolute atomic E-state index is 0.0951. The molecular formula is C13H9F3N2O2S. The minimum atomic E-state index is -2.63. The van der Waals surface area contributed by atoms with Gasteiger partial charge >= 0.3 is 5.69 Å². The van der Waals surface area contributed by atoms with Gasteiger partial charge in [0.2, 0.25) is 5.82 Å². The number of nitro groups is 1. The highest BCUT2D eigenvalue weighted by atomic mass is 32.2. The van der Waals surface area contributed by atoms with Crippen LogP contribution in [0.3, 0.4) is 0 Å². The van der Waals surface area contributed by atoms with Crippen molar-refractivity contribution >= 4 is 28.8 Å². The highest BCUT2D eigenvalue weighted by Gasteiger charge is 2.20. The Bertz CT molecular complexity index is 668. The molecule has 4 nitrogen and oxygen atoms in total. The fourth-order valence-electron chi connectivity index (χ4n) is 1.72. The van der Waals surface area contributed by atoms with Gasteiger partial charge in [-0.15, -0.1) is 0 Å². The van der Waals surface area contributed by atoms with Crippen molar-refractivity contribution in [3.8, 4) is 0 Å². The number of anilines is 2. The van der Waals surface area contributed by atoms with Crippen LogP contribution in [0.15, 0.2) is 47.4 Å². The number of nitrogens with zero attached hydrogens (tertiary/aromatic N) is 1. The van der Waals surface area contributed by atoms with Crippen molar-refractivity contribution in [2.24, 2.45) is 0 Å². The first-order chi connectivity index (χ1) is 9.99. The number of rotatable bonds is 5. The lowest BCUT2D eigenvalue weighted by molar-refractivity contribution is -0.386. The zero-order chi connectivity index (χ0) is 15.4. The van der Waals surface area contributed by atoms with Gasteiger partial charge in [-0.25, -0.2) is 0 Å². The lowest BCUT2D eigenvalue weighted by Crippen LogP contribution is -2.00. The van der Waals surface area contributed by atoms with Gasteiger partial charge in [-0.05, 0) is 24.3 Å². The van der Waals surface area contributed by atoms with E-state index in [9.17, 15) is 23.3 Å². The Morgan fingerprint density at radius 2 is 1.76 bits per heavy atom. The number of nitrogens with one attached hydrogen (secondary N) is 1. The van der Waals surface area contributed by atoms with Gasteiger partial charge in [-0.1, -0.05) is 30.0 Å². The quantitative estimate of drug-likeness (QED) is 0.489. The summed E-state index contributed by atoms with van der Waals surface area (Å²) in [6.07, 6.45) is 0. The third-order valence-electron chi connectivity index (χ3n) is 2.54. The molecule has 0 aliphatic heterocycles. The molecule has 0 saturated heterocycles. The number of alkyl halides is 2. The molecule has 2 aromatic carbocycles. The van der Waals surface area contributed by atoms with Crippen LogP contribution in [0.5, 0.6) is 0 Å². The molecule has 1 N–H and O–H groups in total. The van der Waals surface area contributed by atoms with E-state index in [1.807, 2.05) is 0 Å². The standard InChI is InChI=1S/C13H9F3N2O2S/c14-8-4-3-6-10(12(8)18(19)20)17-9-5-1-2-7-11(9)21-13(15)16/h1-7,13,17H. The first-order valence-electron chi connectivity index (χ1n) is 5.73. The largest absolute Gasteiger partial charge is 0.349 e. The van der Waals surface area contributed by atoms with E-state index in [1.54, 1.807) is 12.1 Å². The predicted octanol–water partition coefficient (Wildman–Crippen LogP) is 4.79. The zero-order valence-electron chi connectivity index (χ0n) is 10.4. The highest BCUT2D eigenvalue weighted by Crippen LogP contribution is 2.36. The molecule has 0 amide bonds. The van der Waals surface area contributed by atoms with Crippen LogP contribution < -0.4 is 5.32 Å². The lowest BCUT2D eigenvalue weighted by Gasteiger charge is -2.11. The fraction of sp³-hybridized carbons (Fsp3) is 0.0769. The van der Waals surface area contributed by atoms with Gasteiger partial charge in [-0.2, -0.15) is 13.2 Å². The minimum Gasteiger partial charge on any atom is -0.349 e. The van der Waals surface area contributed by atoms with Crippen molar-refractivity contribution in [3.05, 3.63) is 58.4 Å². The molecule has 0 aliphatic carbocycles. The van der Waals surface area contributed by atoms with E-state index in [4.69, 9.17) is 0 Å². The Morgan fingerprint density at radius 3 is 2.43 bits per heavy atom. The third-order valence-corrected chi connectivity index (χ3v) is 3.33. The van der Waals surface area contributed by atoms with Crippen molar-refractivity contribution in [2.45, 2.75) is 10.7 Å². The van der Waals surface area contributed by atoms with Gasteiger partial charge in [-0.3, -0.25) is 10.1 Å². The molecule has 0 atom stereocenters. The van der Waals surface area contributed by atoms with Gasteiger partial charge < -0.3 is 5.32 Å². The molecule has 110 valence electrons. The summed E-state index contributed by atoms with van der Waals surface area (Å²) in [5.74, 6) is -3.63. The molecule has 0 heterocycles. The van der Waals surface area contributed by atoms with Gasteiger partial charge in [0.1, 0.15) is 5.69 Å². The van der Waals surface area contributed by atoms with Crippen LogP contribution in [-0.4, -0.2) is 10.7 Å². The van der Waals surface area contributed by atoms with E-state index in [-0.39, 0.29) is 16.3 Å². The first-order valence-corrected chi connectivity index (χ1v) is 6.61. The van der Waals surface area contributed by atoms with Crippen LogP contribution in [0.1, 0.15) is 0 Å². The molecule has 8 heteroatoms. The molecule has 0 unspecified atom stereocenters. The zero-order valence-corrected chi connectivity index (χ0v) is 11.2. The Morgan fingerprint density at radius 1 is 1.10 bits per heavy atom. The predicted molar refractivity (Wildman–Crippen MR) is 74.6 cm³/mol. The van der Waals surface area contributed by atoms with Crippen LogP contribution in [0.2, 0.25) is 0 Å². The second-order valence-electron chi connectivity index (χ2n) is 3.89. The number of para-hydroxylation sites is 2. The molecule has 0 saturated carbocycles. The molecule has 2 aromatic rings. The number of nitro benzene ring substituents is 1. The monoisotopic (exact) mass is 314 g/mol. The number of benzene rings is 2. The summed E-state index contributed by atoms with van der Waals surface area (Å²) in [5, 5.41) is 13.5. The molecule has 0 spiro atoms. The number of hydrogen-bond donors (Lipinski definition) is 1. The van der Waals surface area contributed by atoms with Crippen LogP contribution in [-0.2, 0) is 0 Å². The van der Waals surface area contributed by atoms with Crippen LogP contribution in [0.25, 0.3) is 0 Å². The summed E-state index contributed by atoms with van der Waals surface area (Å²) in [5.41, 5.74) is -0.576.